The van der Waals surface area contributed by atoms with E-state index in [9.17, 15) is 19.2 Å². The van der Waals surface area contributed by atoms with E-state index in [0.29, 0.717) is 55.1 Å². The van der Waals surface area contributed by atoms with Crippen LogP contribution in [0.3, 0.4) is 0 Å². The van der Waals surface area contributed by atoms with Crippen molar-refractivity contribution in [2.24, 2.45) is 14.1 Å². The van der Waals surface area contributed by atoms with E-state index < -0.39 is 11.9 Å². The lowest BCUT2D eigenvalue weighted by Gasteiger charge is -2.17. The smallest absolute Gasteiger partial charge is 0.359 e. The van der Waals surface area contributed by atoms with Crippen LogP contribution >= 0.6 is 0 Å². The van der Waals surface area contributed by atoms with E-state index in [-0.39, 0.29) is 17.3 Å². The normalized spacial score (nSPS) is 15.6. The molecule has 36 heavy (non-hydrogen) atoms. The van der Waals surface area contributed by atoms with Crippen LogP contribution in [0, 0.1) is 0 Å². The van der Waals surface area contributed by atoms with Crippen LogP contribution in [0.2, 0.25) is 0 Å². The molecule has 194 valence electrons. The lowest BCUT2D eigenvalue weighted by atomic mass is 9.90. The first-order chi connectivity index (χ1) is 17.1. The van der Waals surface area contributed by atoms with Crippen molar-refractivity contribution in [1.82, 2.24) is 24.5 Å². The number of hydrogen-bond donors (Lipinski definition) is 0. The third-order valence-corrected chi connectivity index (χ3v) is 5.89. The van der Waals surface area contributed by atoms with Gasteiger partial charge in [0.15, 0.2) is 17.2 Å². The van der Waals surface area contributed by atoms with Crippen LogP contribution in [0.4, 0.5) is 0 Å². The minimum atomic E-state index is -0.461. The molecule has 11 heteroatoms. The summed E-state index contributed by atoms with van der Waals surface area (Å²) in [6.45, 7) is 4.11. The second-order valence-corrected chi connectivity index (χ2v) is 8.76. The molecule has 2 aliphatic rings. The van der Waals surface area contributed by atoms with Crippen molar-refractivity contribution >= 4 is 23.5 Å². The topological polar surface area (TPSA) is 126 Å². The Hall–Kier alpha value is -3.76. The third-order valence-electron chi connectivity index (χ3n) is 5.89. The van der Waals surface area contributed by atoms with Gasteiger partial charge in [-0.2, -0.15) is 10.2 Å². The summed E-state index contributed by atoms with van der Waals surface area (Å²) in [5.41, 5.74) is 3.81. The molecule has 0 aromatic carbocycles. The maximum absolute atomic E-state index is 12.5. The number of carbonyl (C=O) groups excluding carboxylic acids is 4. The minimum absolute atomic E-state index is 0.0619. The Balaban J connectivity index is 0.000000205. The monoisotopic (exact) mass is 499 g/mol. The highest BCUT2D eigenvalue weighted by molar-refractivity contribution is 6.11. The number of Topliss-reactive ketones (excluding diaryl/α,β-unsaturated/α-hetero) is 2. The van der Waals surface area contributed by atoms with Gasteiger partial charge in [0.05, 0.1) is 13.2 Å². The van der Waals surface area contributed by atoms with Gasteiger partial charge in [-0.15, -0.1) is 0 Å². The van der Waals surface area contributed by atoms with E-state index in [0.717, 1.165) is 24.0 Å². The van der Waals surface area contributed by atoms with Crippen LogP contribution in [0.25, 0.3) is 0 Å². The van der Waals surface area contributed by atoms with Gasteiger partial charge in [0, 0.05) is 57.5 Å². The number of aromatic nitrogens is 4. The Bertz CT molecular complexity index is 1220. The molecule has 0 saturated heterocycles. The van der Waals surface area contributed by atoms with Gasteiger partial charge >= 0.3 is 11.9 Å². The Morgan fingerprint density at radius 3 is 1.92 bits per heavy atom. The van der Waals surface area contributed by atoms with Crippen molar-refractivity contribution in [1.29, 1.82) is 0 Å². The summed E-state index contributed by atoms with van der Waals surface area (Å²) in [5, 5.41) is 8.24. The van der Waals surface area contributed by atoms with Crippen LogP contribution < -0.4 is 0 Å². The summed E-state index contributed by atoms with van der Waals surface area (Å²) in [5.74, 6) is -0.900. The number of aryl methyl sites for hydroxylation is 2. The number of nitrogens with zero attached hydrogens (tertiary/aromatic N) is 5. The van der Waals surface area contributed by atoms with Gasteiger partial charge in [0.2, 0.25) is 5.78 Å². The highest BCUT2D eigenvalue weighted by atomic mass is 16.5. The first-order valence-electron chi connectivity index (χ1n) is 12.0. The fraction of sp³-hybridized carbons (Fsp3) is 0.520. The predicted molar refractivity (Wildman–Crippen MR) is 130 cm³/mol. The molecule has 2 aromatic rings. The summed E-state index contributed by atoms with van der Waals surface area (Å²) in [6.07, 6.45) is 5.11. The molecule has 0 fully saturated rings. The second kappa shape index (κ2) is 11.3. The van der Waals surface area contributed by atoms with Gasteiger partial charge in [-0.1, -0.05) is 0 Å². The number of ketones is 2. The molecule has 2 heterocycles. The standard InChI is InChI=1S/C14H19N3O3.C11H14N2O3/c1-5-20-14(19)11-10-7-6-9(8-16(2)3)13(18)12(10)17(4)15-11;1-3-16-11(15)9-7-5-4-6-8(14)10(7)13(2)12-9/h8H,5-7H2,1-4H3;3-6H2,1-2H3/b9-8+;. The highest BCUT2D eigenvalue weighted by Gasteiger charge is 2.32. The number of fused-ring (bicyclic) bond motifs is 2. The lowest BCUT2D eigenvalue weighted by Crippen LogP contribution is -2.20. The number of esters is 2. The van der Waals surface area contributed by atoms with Crippen LogP contribution in [0.15, 0.2) is 11.8 Å². The molecule has 2 aliphatic carbocycles. The van der Waals surface area contributed by atoms with Crippen molar-refractivity contribution < 1.29 is 28.7 Å². The zero-order valence-corrected chi connectivity index (χ0v) is 21.7. The fourth-order valence-electron chi connectivity index (χ4n) is 4.47. The Labute approximate surface area is 210 Å². The van der Waals surface area contributed by atoms with Gasteiger partial charge in [-0.05, 0) is 39.5 Å². The second-order valence-electron chi connectivity index (χ2n) is 8.76. The van der Waals surface area contributed by atoms with Crippen LogP contribution in [-0.2, 0) is 36.4 Å². The largest absolute Gasteiger partial charge is 0.461 e. The molecular formula is C25H33N5O6. The average molecular weight is 500 g/mol. The first kappa shape index (κ1) is 26.8. The highest BCUT2D eigenvalue weighted by Crippen LogP contribution is 2.28. The van der Waals surface area contributed by atoms with Crippen molar-refractivity contribution in [3.05, 3.63) is 45.7 Å². The molecule has 0 saturated carbocycles. The van der Waals surface area contributed by atoms with Crippen molar-refractivity contribution in [2.75, 3.05) is 27.3 Å². The third kappa shape index (κ3) is 5.39. The summed E-state index contributed by atoms with van der Waals surface area (Å²) in [4.78, 5) is 49.5. The molecule has 0 N–H and O–H groups in total. The van der Waals surface area contributed by atoms with Crippen LogP contribution in [0.5, 0.6) is 0 Å². The van der Waals surface area contributed by atoms with Gasteiger partial charge in [-0.3, -0.25) is 19.0 Å². The molecule has 0 amide bonds. The van der Waals surface area contributed by atoms with Crippen molar-refractivity contribution in [2.45, 2.75) is 46.0 Å². The summed E-state index contributed by atoms with van der Waals surface area (Å²) in [7, 11) is 7.12. The van der Waals surface area contributed by atoms with Gasteiger partial charge in [0.25, 0.3) is 0 Å². The number of hydrogen-bond acceptors (Lipinski definition) is 9. The molecule has 0 bridgehead atoms. The summed E-state index contributed by atoms with van der Waals surface area (Å²) < 4.78 is 12.9. The molecule has 0 unspecified atom stereocenters. The number of ether oxygens (including phenoxy) is 2. The number of carbonyl (C=O) groups is 4. The molecule has 2 aromatic heterocycles. The molecule has 0 aliphatic heterocycles. The SMILES string of the molecule is CCOC(=O)c1nn(C)c2c1CC/C(=C\N(C)C)C2=O.CCOC(=O)c1nn(C)c2c1CCCC2=O. The Morgan fingerprint density at radius 1 is 0.861 bits per heavy atom. The zero-order chi connectivity index (χ0) is 26.6. The first-order valence-corrected chi connectivity index (χ1v) is 12.0. The molecule has 0 radical (unpaired) electrons. The molecular weight excluding hydrogens is 466 g/mol. The van der Waals surface area contributed by atoms with E-state index in [1.54, 1.807) is 27.9 Å². The minimum Gasteiger partial charge on any atom is -0.461 e. The Morgan fingerprint density at radius 2 is 1.39 bits per heavy atom. The summed E-state index contributed by atoms with van der Waals surface area (Å²) in [6, 6.07) is 0. The van der Waals surface area contributed by atoms with E-state index in [1.807, 2.05) is 25.2 Å². The number of rotatable bonds is 5. The molecule has 11 nitrogen and oxygen atoms in total. The number of allylic oxidation sites excluding steroid dienone is 1. The van der Waals surface area contributed by atoms with Crippen LogP contribution in [-0.4, -0.2) is 75.3 Å². The fourth-order valence-corrected chi connectivity index (χ4v) is 4.47. The van der Waals surface area contributed by atoms with Crippen molar-refractivity contribution in [3.63, 3.8) is 0 Å². The maximum Gasteiger partial charge on any atom is 0.359 e. The average Bonchev–Trinajstić information content (AvgIpc) is 3.34. The van der Waals surface area contributed by atoms with Gasteiger partial charge in [0.1, 0.15) is 11.4 Å². The zero-order valence-electron chi connectivity index (χ0n) is 21.7. The lowest BCUT2D eigenvalue weighted by molar-refractivity contribution is 0.0507. The summed E-state index contributed by atoms with van der Waals surface area (Å²) >= 11 is 0. The van der Waals surface area contributed by atoms with E-state index >= 15 is 0 Å². The van der Waals surface area contributed by atoms with E-state index in [2.05, 4.69) is 10.2 Å². The Kier molecular flexibility index (Phi) is 8.44. The quantitative estimate of drug-likeness (QED) is 0.450. The van der Waals surface area contributed by atoms with Crippen LogP contribution in [0.1, 0.15) is 86.2 Å². The van der Waals surface area contributed by atoms with Crippen molar-refractivity contribution in [3.8, 4) is 0 Å². The van der Waals surface area contributed by atoms with E-state index in [4.69, 9.17) is 9.47 Å². The van der Waals surface area contributed by atoms with Gasteiger partial charge < -0.3 is 14.4 Å². The molecule has 4 rings (SSSR count). The van der Waals surface area contributed by atoms with E-state index in [1.165, 1.54) is 9.36 Å². The predicted octanol–water partition coefficient (Wildman–Crippen LogP) is 2.29. The van der Waals surface area contributed by atoms with Gasteiger partial charge in [-0.25, -0.2) is 9.59 Å². The molecule has 0 atom stereocenters. The maximum atomic E-state index is 12.5. The molecule has 0 spiro atoms.